The van der Waals surface area contributed by atoms with Gasteiger partial charge in [0.15, 0.2) is 0 Å². The van der Waals surface area contributed by atoms with Crippen LogP contribution in [0, 0.1) is 0 Å². The molecular weight excluding hydrogens is 486 g/mol. The van der Waals surface area contributed by atoms with E-state index in [1.54, 1.807) is 12.1 Å². The number of likely N-dealkylation sites (tertiary alicyclic amines) is 1. The van der Waals surface area contributed by atoms with Crippen molar-refractivity contribution >= 4 is 22.8 Å². The molecule has 0 radical (unpaired) electrons. The van der Waals surface area contributed by atoms with Gasteiger partial charge in [-0.2, -0.15) is 0 Å². The smallest absolute Gasteiger partial charge is 0.407 e. The summed E-state index contributed by atoms with van der Waals surface area (Å²) in [7, 11) is 0. The Kier molecular flexibility index (Phi) is 7.89. The van der Waals surface area contributed by atoms with Crippen LogP contribution in [0.3, 0.4) is 0 Å². The Morgan fingerprint density at radius 3 is 2.53 bits per heavy atom. The molecule has 1 aliphatic heterocycles. The van der Waals surface area contributed by atoms with Crippen LogP contribution in [0.1, 0.15) is 34.0 Å². The molecule has 1 N–H and O–H groups in total. The molecule has 2 atom stereocenters. The summed E-state index contributed by atoms with van der Waals surface area (Å²) in [5.74, 6) is 0.325. The molecule has 38 heavy (non-hydrogen) atoms. The lowest BCUT2D eigenvalue weighted by molar-refractivity contribution is -0.0199. The zero-order valence-corrected chi connectivity index (χ0v) is 20.8. The second kappa shape index (κ2) is 11.8. The van der Waals surface area contributed by atoms with Crippen LogP contribution in [-0.4, -0.2) is 54.5 Å². The third-order valence-electron chi connectivity index (χ3n) is 6.72. The molecule has 1 aliphatic rings. The fourth-order valence-electron chi connectivity index (χ4n) is 4.74. The monoisotopic (exact) mass is 515 g/mol. The van der Waals surface area contributed by atoms with Crippen molar-refractivity contribution < 1.29 is 33.3 Å². The number of hydrogen-bond acceptors (Lipinski definition) is 6. The van der Waals surface area contributed by atoms with E-state index >= 15 is 0 Å². The Balaban J connectivity index is 1.19. The predicted molar refractivity (Wildman–Crippen MR) is 140 cm³/mol. The van der Waals surface area contributed by atoms with Gasteiger partial charge in [0, 0.05) is 12.5 Å². The van der Waals surface area contributed by atoms with Gasteiger partial charge in [0.05, 0.1) is 25.5 Å². The maximum atomic E-state index is 11.8. The third-order valence-corrected chi connectivity index (χ3v) is 6.72. The van der Waals surface area contributed by atoms with Crippen LogP contribution < -0.4 is 4.74 Å². The lowest BCUT2D eigenvalue weighted by atomic mass is 9.87. The molecule has 3 aromatic carbocycles. The van der Waals surface area contributed by atoms with Gasteiger partial charge in [-0.15, -0.1) is 0 Å². The molecule has 1 fully saturated rings. The van der Waals surface area contributed by atoms with E-state index in [-0.39, 0.29) is 31.0 Å². The van der Waals surface area contributed by atoms with E-state index in [0.29, 0.717) is 31.9 Å². The zero-order valence-electron chi connectivity index (χ0n) is 20.8. The SMILES string of the molecule is O=C(OCCOc1ccc(C2CCN(C(=O)O)CC2OCc2ccc3ccccc3c2)cc1)c1ccco1. The maximum Gasteiger partial charge on any atom is 0.407 e. The Bertz CT molecular complexity index is 1370. The average molecular weight is 516 g/mol. The normalized spacial score (nSPS) is 17.3. The van der Waals surface area contributed by atoms with E-state index in [1.807, 2.05) is 42.5 Å². The summed E-state index contributed by atoms with van der Waals surface area (Å²) < 4.78 is 22.2. The molecule has 2 unspecified atom stereocenters. The number of carboxylic acid groups (broad SMARTS) is 1. The van der Waals surface area contributed by atoms with Gasteiger partial charge in [-0.3, -0.25) is 0 Å². The van der Waals surface area contributed by atoms with Crippen LogP contribution in [0.25, 0.3) is 10.8 Å². The minimum atomic E-state index is -0.931. The van der Waals surface area contributed by atoms with E-state index in [4.69, 9.17) is 18.6 Å². The molecule has 0 aliphatic carbocycles. The molecular formula is C30H29NO7. The van der Waals surface area contributed by atoms with Gasteiger partial charge < -0.3 is 28.6 Å². The fourth-order valence-corrected chi connectivity index (χ4v) is 4.74. The van der Waals surface area contributed by atoms with Crippen molar-refractivity contribution in [1.82, 2.24) is 4.90 Å². The quantitative estimate of drug-likeness (QED) is 0.225. The van der Waals surface area contributed by atoms with Crippen molar-refractivity contribution in [2.75, 3.05) is 26.3 Å². The number of furan rings is 1. The number of amides is 1. The second-order valence-corrected chi connectivity index (χ2v) is 9.19. The van der Waals surface area contributed by atoms with Crippen molar-refractivity contribution in [3.8, 4) is 5.75 Å². The molecule has 0 spiro atoms. The Morgan fingerprint density at radius 2 is 1.76 bits per heavy atom. The highest BCUT2D eigenvalue weighted by Crippen LogP contribution is 2.32. The topological polar surface area (TPSA) is 98.4 Å². The van der Waals surface area contributed by atoms with Gasteiger partial charge in [0.1, 0.15) is 19.0 Å². The van der Waals surface area contributed by atoms with Gasteiger partial charge in [-0.25, -0.2) is 9.59 Å². The third kappa shape index (κ3) is 6.15. The minimum Gasteiger partial charge on any atom is -0.490 e. The van der Waals surface area contributed by atoms with Gasteiger partial charge >= 0.3 is 12.1 Å². The van der Waals surface area contributed by atoms with Gasteiger partial charge in [-0.1, -0.05) is 48.5 Å². The van der Waals surface area contributed by atoms with Crippen LogP contribution in [0.2, 0.25) is 0 Å². The molecule has 0 bridgehead atoms. The lowest BCUT2D eigenvalue weighted by Crippen LogP contribution is -2.46. The van der Waals surface area contributed by atoms with E-state index in [1.165, 1.54) is 16.5 Å². The first-order valence-corrected chi connectivity index (χ1v) is 12.6. The van der Waals surface area contributed by atoms with Crippen LogP contribution in [0.15, 0.2) is 89.5 Å². The van der Waals surface area contributed by atoms with Crippen molar-refractivity contribution in [2.45, 2.75) is 25.0 Å². The zero-order chi connectivity index (χ0) is 26.3. The van der Waals surface area contributed by atoms with E-state index < -0.39 is 12.1 Å². The minimum absolute atomic E-state index is 0.0503. The molecule has 5 rings (SSSR count). The van der Waals surface area contributed by atoms with Crippen molar-refractivity contribution in [2.24, 2.45) is 0 Å². The molecule has 1 saturated heterocycles. The summed E-state index contributed by atoms with van der Waals surface area (Å²) in [6.45, 7) is 1.47. The molecule has 4 aromatic rings. The van der Waals surface area contributed by atoms with Gasteiger partial charge in [0.2, 0.25) is 5.76 Å². The standard InChI is InChI=1S/C30H29NO7/c32-29(27-6-3-15-36-27)37-17-16-35-25-11-9-23(10-12-25)26-13-14-31(30(33)34)19-28(26)38-20-21-7-8-22-4-1-2-5-24(22)18-21/h1-12,15,18,26,28H,13-14,16-17,19-20H2,(H,33,34). The van der Waals surface area contributed by atoms with Crippen molar-refractivity contribution in [1.29, 1.82) is 0 Å². The van der Waals surface area contributed by atoms with Crippen LogP contribution in [0.5, 0.6) is 5.75 Å². The summed E-state index contributed by atoms with van der Waals surface area (Å²) in [5.41, 5.74) is 2.11. The number of carbonyl (C=O) groups is 2. The summed E-state index contributed by atoms with van der Waals surface area (Å²) >= 11 is 0. The number of rotatable bonds is 9. The number of ether oxygens (including phenoxy) is 3. The highest BCUT2D eigenvalue weighted by molar-refractivity contribution is 5.86. The number of nitrogens with zero attached hydrogens (tertiary/aromatic N) is 1. The van der Waals surface area contributed by atoms with Crippen LogP contribution in [0.4, 0.5) is 4.79 Å². The molecule has 1 aromatic heterocycles. The Hall–Kier alpha value is -4.30. The number of carbonyl (C=O) groups excluding carboxylic acids is 1. The van der Waals surface area contributed by atoms with Crippen LogP contribution in [-0.2, 0) is 16.1 Å². The molecule has 2 heterocycles. The molecule has 1 amide bonds. The van der Waals surface area contributed by atoms with E-state index in [0.717, 1.165) is 16.5 Å². The first-order valence-electron chi connectivity index (χ1n) is 12.6. The average Bonchev–Trinajstić information content (AvgIpc) is 3.50. The molecule has 0 saturated carbocycles. The van der Waals surface area contributed by atoms with Gasteiger partial charge in [-0.05, 0) is 58.7 Å². The van der Waals surface area contributed by atoms with E-state index in [9.17, 15) is 14.7 Å². The number of fused-ring (bicyclic) bond motifs is 1. The Morgan fingerprint density at radius 1 is 0.947 bits per heavy atom. The van der Waals surface area contributed by atoms with Crippen LogP contribution >= 0.6 is 0 Å². The first kappa shape index (κ1) is 25.4. The lowest BCUT2D eigenvalue weighted by Gasteiger charge is -2.37. The summed E-state index contributed by atoms with van der Waals surface area (Å²) in [6.07, 6.45) is 0.870. The molecule has 196 valence electrons. The summed E-state index contributed by atoms with van der Waals surface area (Å²) in [4.78, 5) is 24.9. The van der Waals surface area contributed by atoms with E-state index in [2.05, 4.69) is 24.3 Å². The Labute approximate surface area is 220 Å². The maximum absolute atomic E-state index is 11.8. The highest BCUT2D eigenvalue weighted by atomic mass is 16.6. The van der Waals surface area contributed by atoms with Crippen molar-refractivity contribution in [3.63, 3.8) is 0 Å². The second-order valence-electron chi connectivity index (χ2n) is 9.19. The number of hydrogen-bond donors (Lipinski definition) is 1. The number of piperidine rings is 1. The molecule has 8 nitrogen and oxygen atoms in total. The highest BCUT2D eigenvalue weighted by Gasteiger charge is 2.33. The van der Waals surface area contributed by atoms with Gasteiger partial charge in [0.25, 0.3) is 0 Å². The summed E-state index contributed by atoms with van der Waals surface area (Å²) in [5, 5.41) is 11.9. The first-order chi connectivity index (χ1) is 18.6. The summed E-state index contributed by atoms with van der Waals surface area (Å²) in [6, 6.07) is 25.3. The number of esters is 1. The predicted octanol–water partition coefficient (Wildman–Crippen LogP) is 5.72. The number of benzene rings is 3. The fraction of sp³-hybridized carbons (Fsp3) is 0.267. The molecule has 8 heteroatoms. The van der Waals surface area contributed by atoms with Crippen molar-refractivity contribution in [3.05, 3.63) is 102 Å². The largest absolute Gasteiger partial charge is 0.490 e.